The topological polar surface area (TPSA) is 17.1 Å². The first-order valence-corrected chi connectivity index (χ1v) is 6.04. The zero-order chi connectivity index (χ0) is 13.2. The van der Waals surface area contributed by atoms with Crippen LogP contribution in [0.1, 0.15) is 35.4 Å². The predicted molar refractivity (Wildman–Crippen MR) is 63.2 cm³/mol. The molecule has 5 heteroatoms. The van der Waals surface area contributed by atoms with Crippen molar-refractivity contribution < 1.29 is 18.0 Å². The molecule has 0 saturated heterocycles. The third kappa shape index (κ3) is 3.09. The van der Waals surface area contributed by atoms with Gasteiger partial charge in [0.15, 0.2) is 0 Å². The average Bonchev–Trinajstić information content (AvgIpc) is 2.25. The van der Waals surface area contributed by atoms with Gasteiger partial charge in [-0.05, 0) is 24.5 Å². The minimum Gasteiger partial charge on any atom is -0.298 e. The highest BCUT2D eigenvalue weighted by molar-refractivity contribution is 9.09. The molecule has 0 fully saturated rings. The van der Waals surface area contributed by atoms with Crippen LogP contribution in [0.2, 0.25) is 0 Å². The van der Waals surface area contributed by atoms with Gasteiger partial charge in [-0.15, -0.1) is 0 Å². The highest BCUT2D eigenvalue weighted by atomic mass is 79.9. The van der Waals surface area contributed by atoms with E-state index in [0.717, 1.165) is 0 Å². The van der Waals surface area contributed by atoms with Gasteiger partial charge >= 0.3 is 6.18 Å². The van der Waals surface area contributed by atoms with Crippen LogP contribution in [0.15, 0.2) is 18.2 Å². The molecule has 0 amide bonds. The second kappa shape index (κ2) is 5.21. The Kier molecular flexibility index (Phi) is 4.36. The summed E-state index contributed by atoms with van der Waals surface area (Å²) in [4.78, 5) is 10.3. The summed E-state index contributed by atoms with van der Waals surface area (Å²) in [6.07, 6.45) is -4.16. The molecular formula is C12H12BrF3O. The van der Waals surface area contributed by atoms with Gasteiger partial charge in [0.2, 0.25) is 0 Å². The molecule has 17 heavy (non-hydrogen) atoms. The molecule has 1 aromatic carbocycles. The third-order valence-corrected chi connectivity index (χ3v) is 3.62. The van der Waals surface area contributed by atoms with Crippen LogP contribution in [0.25, 0.3) is 0 Å². The lowest BCUT2D eigenvalue weighted by Gasteiger charge is -2.18. The fraction of sp³-hybridized carbons (Fsp3) is 0.417. The van der Waals surface area contributed by atoms with Gasteiger partial charge in [-0.3, -0.25) is 4.79 Å². The van der Waals surface area contributed by atoms with Crippen molar-refractivity contribution in [1.29, 1.82) is 0 Å². The van der Waals surface area contributed by atoms with E-state index < -0.39 is 16.6 Å². The van der Waals surface area contributed by atoms with Gasteiger partial charge < -0.3 is 0 Å². The minimum absolute atomic E-state index is 0.00986. The first-order chi connectivity index (χ1) is 7.79. The molecule has 1 unspecified atom stereocenters. The molecule has 0 heterocycles. The first kappa shape index (κ1) is 14.2. The normalized spacial score (nSPS) is 13.5. The summed E-state index contributed by atoms with van der Waals surface area (Å²) in [7, 11) is 0. The molecule has 94 valence electrons. The standard InChI is InChI=1S/C12H12BrF3O/c1-3-8-5-4-6-9(11(13)7(2)17)10(8)12(14,15)16/h4-6,11H,3H2,1-2H3. The van der Waals surface area contributed by atoms with E-state index in [4.69, 9.17) is 0 Å². The number of carbonyl (C=O) groups excluding carboxylic acids is 1. The van der Waals surface area contributed by atoms with E-state index in [-0.39, 0.29) is 23.3 Å². The molecule has 0 aliphatic rings. The molecule has 1 atom stereocenters. The van der Waals surface area contributed by atoms with Crippen molar-refractivity contribution >= 4 is 21.7 Å². The van der Waals surface area contributed by atoms with Crippen LogP contribution in [-0.2, 0) is 17.4 Å². The van der Waals surface area contributed by atoms with Crippen LogP contribution in [0.3, 0.4) is 0 Å². The van der Waals surface area contributed by atoms with E-state index in [1.807, 2.05) is 0 Å². The van der Waals surface area contributed by atoms with E-state index in [9.17, 15) is 18.0 Å². The van der Waals surface area contributed by atoms with E-state index in [0.29, 0.717) is 0 Å². The van der Waals surface area contributed by atoms with Crippen molar-refractivity contribution in [3.05, 3.63) is 34.9 Å². The van der Waals surface area contributed by atoms with Crippen LogP contribution in [0.5, 0.6) is 0 Å². The number of rotatable bonds is 3. The van der Waals surface area contributed by atoms with Crippen LogP contribution in [0, 0.1) is 0 Å². The third-order valence-electron chi connectivity index (χ3n) is 2.48. The quantitative estimate of drug-likeness (QED) is 0.761. The number of ketones is 1. The molecule has 1 aromatic rings. The molecule has 0 spiro atoms. The predicted octanol–water partition coefficient (Wildman–Crippen LogP) is 4.29. The van der Waals surface area contributed by atoms with E-state index in [2.05, 4.69) is 15.9 Å². The number of hydrogen-bond donors (Lipinski definition) is 0. The molecule has 0 bridgehead atoms. The van der Waals surface area contributed by atoms with Crippen molar-refractivity contribution in [1.82, 2.24) is 0 Å². The highest BCUT2D eigenvalue weighted by Crippen LogP contribution is 2.39. The van der Waals surface area contributed by atoms with Crippen LogP contribution < -0.4 is 0 Å². The number of hydrogen-bond acceptors (Lipinski definition) is 1. The lowest BCUT2D eigenvalue weighted by Crippen LogP contribution is -2.15. The first-order valence-electron chi connectivity index (χ1n) is 5.12. The van der Waals surface area contributed by atoms with Crippen molar-refractivity contribution in [3.8, 4) is 0 Å². The van der Waals surface area contributed by atoms with Crippen molar-refractivity contribution in [3.63, 3.8) is 0 Å². The fourth-order valence-electron chi connectivity index (χ4n) is 1.69. The van der Waals surface area contributed by atoms with Gasteiger partial charge in [0.1, 0.15) is 5.78 Å². The molecule has 0 aliphatic carbocycles. The Labute approximate surface area is 106 Å². The number of alkyl halides is 4. The largest absolute Gasteiger partial charge is 0.416 e. The number of carbonyl (C=O) groups is 1. The second-order valence-electron chi connectivity index (χ2n) is 3.71. The van der Waals surface area contributed by atoms with Crippen LogP contribution >= 0.6 is 15.9 Å². The Balaban J connectivity index is 3.45. The van der Waals surface area contributed by atoms with Crippen molar-refractivity contribution in [2.24, 2.45) is 0 Å². The van der Waals surface area contributed by atoms with E-state index in [1.54, 1.807) is 13.0 Å². The fourth-order valence-corrected chi connectivity index (χ4v) is 2.07. The summed E-state index contributed by atoms with van der Waals surface area (Å²) in [6.45, 7) is 2.92. The van der Waals surface area contributed by atoms with Gasteiger partial charge in [0, 0.05) is 0 Å². The lowest BCUT2D eigenvalue weighted by atomic mass is 9.95. The minimum atomic E-state index is -4.44. The Bertz CT molecular complexity index is 426. The Morgan fingerprint density at radius 3 is 2.41 bits per heavy atom. The van der Waals surface area contributed by atoms with Gasteiger partial charge in [-0.2, -0.15) is 13.2 Å². The number of Topliss-reactive ketones (excluding diaryl/α,β-unsaturated/α-hetero) is 1. The summed E-state index contributed by atoms with van der Waals surface area (Å²) in [5.41, 5.74) is -0.496. The summed E-state index contributed by atoms with van der Waals surface area (Å²) in [5, 5.41) is 0. The van der Waals surface area contributed by atoms with E-state index >= 15 is 0 Å². The molecule has 0 N–H and O–H groups in total. The smallest absolute Gasteiger partial charge is 0.298 e. The molecule has 1 nitrogen and oxygen atoms in total. The van der Waals surface area contributed by atoms with Gasteiger partial charge in [0.25, 0.3) is 0 Å². The second-order valence-corrected chi connectivity index (χ2v) is 4.62. The Hall–Kier alpha value is -0.840. The Morgan fingerprint density at radius 2 is 2.00 bits per heavy atom. The zero-order valence-electron chi connectivity index (χ0n) is 9.44. The van der Waals surface area contributed by atoms with Gasteiger partial charge in [-0.25, -0.2) is 0 Å². The monoisotopic (exact) mass is 308 g/mol. The molecule has 0 aromatic heterocycles. The summed E-state index contributed by atoms with van der Waals surface area (Å²) in [5.74, 6) is -0.344. The van der Waals surface area contributed by atoms with Crippen LogP contribution in [-0.4, -0.2) is 5.78 Å². The van der Waals surface area contributed by atoms with Crippen molar-refractivity contribution in [2.45, 2.75) is 31.3 Å². The molecule has 0 radical (unpaired) electrons. The number of halogens is 4. The van der Waals surface area contributed by atoms with Crippen LogP contribution in [0.4, 0.5) is 13.2 Å². The number of benzene rings is 1. The molecule has 1 rings (SSSR count). The maximum absolute atomic E-state index is 13.0. The zero-order valence-corrected chi connectivity index (χ0v) is 11.0. The van der Waals surface area contributed by atoms with Gasteiger partial charge in [-0.1, -0.05) is 41.1 Å². The molecule has 0 saturated carbocycles. The van der Waals surface area contributed by atoms with Gasteiger partial charge in [0.05, 0.1) is 10.4 Å². The molecule has 0 aliphatic heterocycles. The molecular weight excluding hydrogens is 297 g/mol. The maximum Gasteiger partial charge on any atom is 0.416 e. The summed E-state index contributed by atoms with van der Waals surface area (Å²) >= 11 is 3.01. The SMILES string of the molecule is CCc1cccc(C(Br)C(C)=O)c1C(F)(F)F. The summed E-state index contributed by atoms with van der Waals surface area (Å²) < 4.78 is 39.0. The van der Waals surface area contributed by atoms with E-state index in [1.165, 1.54) is 19.1 Å². The Morgan fingerprint density at radius 1 is 1.41 bits per heavy atom. The lowest BCUT2D eigenvalue weighted by molar-refractivity contribution is -0.138. The van der Waals surface area contributed by atoms with Crippen molar-refractivity contribution in [2.75, 3.05) is 0 Å². The highest BCUT2D eigenvalue weighted by Gasteiger charge is 2.37. The summed E-state index contributed by atoms with van der Waals surface area (Å²) in [6, 6.07) is 4.32. The average molecular weight is 309 g/mol. The number of aryl methyl sites for hydroxylation is 1. The maximum atomic E-state index is 13.0.